The molecule has 1 fully saturated rings. The van der Waals surface area contributed by atoms with Gasteiger partial charge in [0.2, 0.25) is 10.0 Å². The molecule has 0 aliphatic carbocycles. The Morgan fingerprint density at radius 3 is 2.50 bits per heavy atom. The van der Waals surface area contributed by atoms with Crippen LogP contribution in [0.5, 0.6) is 0 Å². The molecule has 18 heavy (non-hydrogen) atoms. The number of benzene rings is 1. The molecule has 1 atom stereocenters. The first-order valence-corrected chi connectivity index (χ1v) is 7.84. The number of hydrogen-bond acceptors (Lipinski definition) is 3. The molecule has 0 bridgehead atoms. The van der Waals surface area contributed by atoms with Crippen molar-refractivity contribution in [1.29, 1.82) is 0 Å². The van der Waals surface area contributed by atoms with E-state index in [9.17, 15) is 8.42 Å². The predicted octanol–water partition coefficient (Wildman–Crippen LogP) is 1.90. The summed E-state index contributed by atoms with van der Waals surface area (Å²) in [7, 11) is -3.39. The highest BCUT2D eigenvalue weighted by Gasteiger charge is 2.21. The second-order valence-electron chi connectivity index (χ2n) is 4.12. The molecule has 1 saturated heterocycles. The van der Waals surface area contributed by atoms with Crippen LogP contribution in [0.15, 0.2) is 33.6 Å². The molecule has 1 heterocycles. The summed E-state index contributed by atoms with van der Waals surface area (Å²) in [5, 5.41) is 3.18. The van der Waals surface area contributed by atoms with Crippen LogP contribution in [0.2, 0.25) is 0 Å². The van der Waals surface area contributed by atoms with Crippen molar-refractivity contribution in [2.45, 2.75) is 23.8 Å². The lowest BCUT2D eigenvalue weighted by Crippen LogP contribution is -2.45. The van der Waals surface area contributed by atoms with E-state index in [1.165, 1.54) is 0 Å². The van der Waals surface area contributed by atoms with Crippen LogP contribution in [0.3, 0.4) is 0 Å². The second-order valence-corrected chi connectivity index (χ2v) is 6.75. The molecule has 0 saturated carbocycles. The fourth-order valence-electron chi connectivity index (χ4n) is 1.85. The molecule has 4 nitrogen and oxygen atoms in total. The lowest BCUT2D eigenvalue weighted by molar-refractivity contribution is 0.428. The van der Waals surface area contributed by atoms with Crippen LogP contribution in [-0.4, -0.2) is 27.5 Å². The number of sulfonamides is 1. The van der Waals surface area contributed by atoms with Crippen LogP contribution < -0.4 is 10.0 Å². The molecule has 2 N–H and O–H groups in total. The van der Waals surface area contributed by atoms with E-state index >= 15 is 0 Å². The number of hydrogen-bond donors (Lipinski definition) is 2. The Hall–Kier alpha value is -0.140. The quantitative estimate of drug-likeness (QED) is 0.870. The predicted molar refractivity (Wildman–Crippen MR) is 77.6 cm³/mol. The smallest absolute Gasteiger partial charge is 0.240 e. The third-order valence-electron chi connectivity index (χ3n) is 2.74. The maximum Gasteiger partial charge on any atom is 0.240 e. The summed E-state index contributed by atoms with van der Waals surface area (Å²) in [6.07, 6.45) is 1.90. The molecule has 1 aliphatic rings. The molecule has 1 aromatic rings. The summed E-state index contributed by atoms with van der Waals surface area (Å²) in [5.41, 5.74) is 0. The van der Waals surface area contributed by atoms with Crippen molar-refractivity contribution in [3.05, 3.63) is 28.7 Å². The standard InChI is InChI=1S/C11H15BrN2O2S.ClH/c12-9-3-5-11(6-4-9)17(15,16)14-10-2-1-7-13-8-10;/h3-6,10,13-14H,1-2,7-8H2;1H/t10-;/m1./s1. The van der Waals surface area contributed by atoms with E-state index in [0.717, 1.165) is 23.9 Å². The highest BCUT2D eigenvalue weighted by Crippen LogP contribution is 2.15. The topological polar surface area (TPSA) is 58.2 Å². The number of piperidine rings is 1. The van der Waals surface area contributed by atoms with Gasteiger partial charge in [-0.3, -0.25) is 0 Å². The van der Waals surface area contributed by atoms with E-state index in [2.05, 4.69) is 26.0 Å². The van der Waals surface area contributed by atoms with Gasteiger partial charge < -0.3 is 5.32 Å². The van der Waals surface area contributed by atoms with E-state index in [-0.39, 0.29) is 18.4 Å². The van der Waals surface area contributed by atoms with E-state index in [0.29, 0.717) is 11.4 Å². The molecule has 2 rings (SSSR count). The van der Waals surface area contributed by atoms with Crippen molar-refractivity contribution >= 4 is 38.4 Å². The first kappa shape index (κ1) is 15.9. The van der Waals surface area contributed by atoms with Crippen LogP contribution in [-0.2, 0) is 10.0 Å². The van der Waals surface area contributed by atoms with Crippen molar-refractivity contribution in [3.63, 3.8) is 0 Å². The van der Waals surface area contributed by atoms with Crippen molar-refractivity contribution < 1.29 is 8.42 Å². The largest absolute Gasteiger partial charge is 0.315 e. The zero-order chi connectivity index (χ0) is 12.3. The molecule has 7 heteroatoms. The maximum atomic E-state index is 12.1. The minimum absolute atomic E-state index is 0. The average Bonchev–Trinajstić information content (AvgIpc) is 2.30. The molecule has 1 aliphatic heterocycles. The van der Waals surface area contributed by atoms with E-state index in [4.69, 9.17) is 0 Å². The van der Waals surface area contributed by atoms with Gasteiger partial charge >= 0.3 is 0 Å². The van der Waals surface area contributed by atoms with E-state index in [1.807, 2.05) is 0 Å². The van der Waals surface area contributed by atoms with Crippen molar-refractivity contribution in [2.24, 2.45) is 0 Å². The zero-order valence-electron chi connectivity index (χ0n) is 9.73. The first-order valence-electron chi connectivity index (χ1n) is 5.56. The molecule has 0 aromatic heterocycles. The summed E-state index contributed by atoms with van der Waals surface area (Å²) in [6.45, 7) is 1.67. The summed E-state index contributed by atoms with van der Waals surface area (Å²) in [6, 6.07) is 6.66. The minimum atomic E-state index is -3.39. The number of nitrogens with one attached hydrogen (secondary N) is 2. The van der Waals surface area contributed by atoms with Gasteiger partial charge in [0.25, 0.3) is 0 Å². The molecular formula is C11H16BrClN2O2S. The van der Waals surface area contributed by atoms with Gasteiger partial charge in [0.15, 0.2) is 0 Å². The summed E-state index contributed by atoms with van der Waals surface area (Å²) in [4.78, 5) is 0.311. The maximum absolute atomic E-state index is 12.1. The van der Waals surface area contributed by atoms with Crippen LogP contribution in [0.4, 0.5) is 0 Å². The third-order valence-corrected chi connectivity index (χ3v) is 4.81. The van der Waals surface area contributed by atoms with Crippen molar-refractivity contribution in [1.82, 2.24) is 10.0 Å². The van der Waals surface area contributed by atoms with Crippen LogP contribution >= 0.6 is 28.3 Å². The van der Waals surface area contributed by atoms with Crippen molar-refractivity contribution in [3.8, 4) is 0 Å². The Balaban J connectivity index is 0.00000162. The van der Waals surface area contributed by atoms with Gasteiger partial charge in [0, 0.05) is 17.1 Å². The average molecular weight is 356 g/mol. The Bertz CT molecular complexity index is 472. The Labute approximate surface area is 122 Å². The molecule has 0 radical (unpaired) electrons. The van der Waals surface area contributed by atoms with Gasteiger partial charge in [-0.25, -0.2) is 13.1 Å². The van der Waals surface area contributed by atoms with Gasteiger partial charge in [0.1, 0.15) is 0 Å². The van der Waals surface area contributed by atoms with Gasteiger partial charge in [-0.1, -0.05) is 15.9 Å². The van der Waals surface area contributed by atoms with Crippen LogP contribution in [0.1, 0.15) is 12.8 Å². The third kappa shape index (κ3) is 4.20. The Morgan fingerprint density at radius 1 is 1.28 bits per heavy atom. The fraction of sp³-hybridized carbons (Fsp3) is 0.455. The lowest BCUT2D eigenvalue weighted by Gasteiger charge is -2.23. The number of rotatable bonds is 3. The fourth-order valence-corrected chi connectivity index (χ4v) is 3.39. The van der Waals surface area contributed by atoms with E-state index < -0.39 is 10.0 Å². The Kier molecular flexibility index (Phi) is 6.07. The summed E-state index contributed by atoms with van der Waals surface area (Å²) in [5.74, 6) is 0. The summed E-state index contributed by atoms with van der Waals surface area (Å²) >= 11 is 3.29. The van der Waals surface area contributed by atoms with Crippen molar-refractivity contribution in [2.75, 3.05) is 13.1 Å². The number of halogens is 2. The normalized spacial score (nSPS) is 20.2. The van der Waals surface area contributed by atoms with Gasteiger partial charge in [0.05, 0.1) is 4.90 Å². The van der Waals surface area contributed by atoms with Gasteiger partial charge in [-0.15, -0.1) is 12.4 Å². The molecule has 1 aromatic carbocycles. The second kappa shape index (κ2) is 6.86. The highest BCUT2D eigenvalue weighted by atomic mass is 79.9. The highest BCUT2D eigenvalue weighted by molar-refractivity contribution is 9.10. The first-order chi connectivity index (χ1) is 8.08. The van der Waals surface area contributed by atoms with Crippen LogP contribution in [0, 0.1) is 0 Å². The van der Waals surface area contributed by atoms with Gasteiger partial charge in [-0.2, -0.15) is 0 Å². The molecular weight excluding hydrogens is 340 g/mol. The van der Waals surface area contributed by atoms with Crippen LogP contribution in [0.25, 0.3) is 0 Å². The summed E-state index contributed by atoms with van der Waals surface area (Å²) < 4.78 is 27.7. The molecule has 0 amide bonds. The molecule has 0 unspecified atom stereocenters. The van der Waals surface area contributed by atoms with E-state index in [1.54, 1.807) is 24.3 Å². The zero-order valence-corrected chi connectivity index (χ0v) is 12.9. The minimum Gasteiger partial charge on any atom is -0.315 e. The monoisotopic (exact) mass is 354 g/mol. The van der Waals surface area contributed by atoms with Gasteiger partial charge in [-0.05, 0) is 43.7 Å². The lowest BCUT2D eigenvalue weighted by atomic mass is 10.1. The molecule has 102 valence electrons. The Morgan fingerprint density at radius 2 is 1.94 bits per heavy atom. The SMILES string of the molecule is Cl.O=S(=O)(N[C@@H]1CCCNC1)c1ccc(Br)cc1. The molecule has 0 spiro atoms.